The fourth-order valence-corrected chi connectivity index (χ4v) is 10.6. The number of amides is 6. The number of aromatic nitrogens is 4. The predicted octanol–water partition coefficient (Wildman–Crippen LogP) is -8.37. The molecule has 0 fully saturated rings. The van der Waals surface area contributed by atoms with Crippen LogP contribution in [-0.4, -0.2) is 99.8 Å². The van der Waals surface area contributed by atoms with Crippen LogP contribution in [0.3, 0.4) is 0 Å². The number of hydrogen-bond donors (Lipinski definition) is 6. The number of carbonyl (C=O) groups is 5. The van der Waals surface area contributed by atoms with E-state index in [1.807, 2.05) is 0 Å². The van der Waals surface area contributed by atoms with E-state index in [0.717, 1.165) is 24.3 Å². The minimum absolute atomic E-state index is 0. The molecule has 0 saturated carbocycles. The standard InChI is InChI=1S/C45H40N10O17S4.4Na/c1-52-19-27(13-35(52)41(56)46-25-7-5-23-9-31(73(61,62)63)17-39(33(23)11-25)75(67,68)69)48-43(58)37-15-29(21-54(37)3)50-45(60)51-30-16-38(55(4)22-30)44(59)49-28-14-36(53(2)20-28)42(57)47-26-8-6-24-10-32(74(64,65)66)18-40(34(24)12-26)76(70,71)72;;;;/h5-22H,1-4H3,(H,46,56)(H,47,57)(H,48,58)(H,49,59)(H2,50,51,60)(H,61,62,63)(H,64,65,66)(H,67,68,69)(H,70,71,72);;;;/q;4*+1/p-4. The second-order valence-electron chi connectivity index (χ2n) is 16.8. The van der Waals surface area contributed by atoms with Gasteiger partial charge in [-0.3, -0.25) is 19.2 Å². The van der Waals surface area contributed by atoms with E-state index in [4.69, 9.17) is 0 Å². The van der Waals surface area contributed by atoms with Gasteiger partial charge in [-0.15, -0.1) is 0 Å². The van der Waals surface area contributed by atoms with E-state index in [0.29, 0.717) is 12.1 Å². The van der Waals surface area contributed by atoms with Crippen molar-refractivity contribution < 1.29 is 194 Å². The fraction of sp³-hybridized carbons (Fsp3) is 0.0889. The maximum atomic E-state index is 13.4. The Balaban J connectivity index is 0.00000344. The summed E-state index contributed by atoms with van der Waals surface area (Å²) in [6.45, 7) is 0. The summed E-state index contributed by atoms with van der Waals surface area (Å²) in [5.41, 5.74) is 0.831. The smallest absolute Gasteiger partial charge is 0.744 e. The molecule has 6 amide bonds. The number of urea groups is 1. The first-order valence-corrected chi connectivity index (χ1v) is 26.9. The zero-order valence-electron chi connectivity index (χ0n) is 43.3. The van der Waals surface area contributed by atoms with E-state index < -0.39 is 89.7 Å². The van der Waals surface area contributed by atoms with E-state index in [9.17, 15) is 75.9 Å². The third-order valence-corrected chi connectivity index (χ3v) is 14.8. The molecule has 80 heavy (non-hydrogen) atoms. The Morgan fingerprint density at radius 1 is 0.350 bits per heavy atom. The summed E-state index contributed by atoms with van der Waals surface area (Å²) in [6, 6.07) is 14.5. The van der Waals surface area contributed by atoms with E-state index in [1.165, 1.54) is 120 Å². The number of fused-ring (bicyclic) bond motifs is 2. The summed E-state index contributed by atoms with van der Waals surface area (Å²) in [5.74, 6) is -2.79. The van der Waals surface area contributed by atoms with Gasteiger partial charge in [0, 0.05) is 75.1 Å². The molecule has 0 aliphatic rings. The summed E-state index contributed by atoms with van der Waals surface area (Å²) < 4.78 is 147. The van der Waals surface area contributed by atoms with Gasteiger partial charge < -0.3 is 68.4 Å². The summed E-state index contributed by atoms with van der Waals surface area (Å²) in [6.07, 6.45) is 5.70. The Kier molecular flexibility index (Phi) is 21.9. The van der Waals surface area contributed by atoms with Crippen LogP contribution in [0.15, 0.2) is 129 Å². The molecule has 4 heterocycles. The molecule has 27 nitrogen and oxygen atoms in total. The summed E-state index contributed by atoms with van der Waals surface area (Å²) in [4.78, 5) is 62.7. The molecule has 35 heteroatoms. The second-order valence-corrected chi connectivity index (χ2v) is 22.3. The van der Waals surface area contributed by atoms with Crippen molar-refractivity contribution in [3.63, 3.8) is 0 Å². The van der Waals surface area contributed by atoms with Crippen LogP contribution in [0.5, 0.6) is 0 Å². The van der Waals surface area contributed by atoms with Gasteiger partial charge in [0.1, 0.15) is 63.2 Å². The van der Waals surface area contributed by atoms with Crippen LogP contribution < -0.4 is 150 Å². The molecule has 4 aromatic heterocycles. The normalized spacial score (nSPS) is 11.5. The number of hydrogen-bond acceptors (Lipinski definition) is 17. The predicted molar refractivity (Wildman–Crippen MR) is 266 cm³/mol. The molecule has 0 spiro atoms. The van der Waals surface area contributed by atoms with Crippen molar-refractivity contribution in [1.82, 2.24) is 18.3 Å². The van der Waals surface area contributed by atoms with E-state index in [1.54, 1.807) is 0 Å². The Morgan fingerprint density at radius 2 is 0.613 bits per heavy atom. The molecule has 0 saturated heterocycles. The molecule has 0 aliphatic carbocycles. The van der Waals surface area contributed by atoms with E-state index >= 15 is 0 Å². The van der Waals surface area contributed by atoms with Gasteiger partial charge in [0.25, 0.3) is 23.6 Å². The van der Waals surface area contributed by atoms with Crippen molar-refractivity contribution in [1.29, 1.82) is 0 Å². The Morgan fingerprint density at radius 3 is 0.875 bits per heavy atom. The molecule has 0 aliphatic heterocycles. The third-order valence-electron chi connectivity index (χ3n) is 11.4. The van der Waals surface area contributed by atoms with Gasteiger partial charge in [-0.25, -0.2) is 38.5 Å². The minimum atomic E-state index is -5.28. The van der Waals surface area contributed by atoms with Crippen molar-refractivity contribution in [3.8, 4) is 0 Å². The van der Waals surface area contributed by atoms with Gasteiger partial charge in [0.05, 0.1) is 42.3 Å². The third kappa shape index (κ3) is 15.5. The molecule has 0 unspecified atom stereocenters. The largest absolute Gasteiger partial charge is 1.00 e. The zero-order chi connectivity index (χ0) is 55.6. The number of anilines is 6. The molecule has 0 radical (unpaired) electrons. The van der Waals surface area contributed by atoms with E-state index in [2.05, 4.69) is 31.9 Å². The minimum Gasteiger partial charge on any atom is -0.744 e. The molecule has 0 atom stereocenters. The number of benzene rings is 4. The Hall–Kier alpha value is -4.69. The first kappa shape index (κ1) is 67.8. The first-order valence-electron chi connectivity index (χ1n) is 21.3. The number of carbonyl (C=O) groups excluding carboxylic acids is 5. The Labute approximate surface area is 543 Å². The van der Waals surface area contributed by atoms with Crippen LogP contribution in [0.1, 0.15) is 42.0 Å². The van der Waals surface area contributed by atoms with Gasteiger partial charge in [0.15, 0.2) is 0 Å². The maximum absolute atomic E-state index is 13.4. The van der Waals surface area contributed by atoms with Crippen molar-refractivity contribution in [2.45, 2.75) is 19.6 Å². The number of rotatable bonds is 14. The average molecular weight is 1210 g/mol. The fourth-order valence-electron chi connectivity index (χ4n) is 7.96. The summed E-state index contributed by atoms with van der Waals surface area (Å²) in [5, 5.41) is 14.9. The van der Waals surface area contributed by atoms with Crippen molar-refractivity contribution >= 4 is 126 Å². The van der Waals surface area contributed by atoms with Crippen molar-refractivity contribution in [2.75, 3.05) is 31.9 Å². The van der Waals surface area contributed by atoms with Crippen LogP contribution in [-0.2, 0) is 68.7 Å². The van der Waals surface area contributed by atoms with Gasteiger partial charge in [-0.1, -0.05) is 12.1 Å². The van der Waals surface area contributed by atoms with Crippen LogP contribution in [0, 0.1) is 0 Å². The molecule has 0 bridgehead atoms. The zero-order valence-corrected chi connectivity index (χ0v) is 54.5. The number of nitrogens with one attached hydrogen (secondary N) is 6. The molecule has 4 aromatic carbocycles. The molecule has 6 N–H and O–H groups in total. The molecular weight excluding hydrogens is 1170 g/mol. The van der Waals surface area contributed by atoms with Gasteiger partial charge in [-0.05, 0) is 83.6 Å². The summed E-state index contributed by atoms with van der Waals surface area (Å²) in [7, 11) is -14.8. The van der Waals surface area contributed by atoms with Crippen LogP contribution in [0.25, 0.3) is 21.5 Å². The van der Waals surface area contributed by atoms with Gasteiger partial charge in [-0.2, -0.15) is 0 Å². The van der Waals surface area contributed by atoms with Gasteiger partial charge in [0.2, 0.25) is 0 Å². The van der Waals surface area contributed by atoms with Gasteiger partial charge >= 0.3 is 124 Å². The second kappa shape index (κ2) is 25.8. The molecular formula is C45H36N10Na4O17S4. The van der Waals surface area contributed by atoms with Crippen LogP contribution in [0.2, 0.25) is 0 Å². The number of nitrogens with zero attached hydrogens (tertiary/aromatic N) is 4. The summed E-state index contributed by atoms with van der Waals surface area (Å²) >= 11 is 0. The first-order chi connectivity index (χ1) is 35.3. The van der Waals surface area contributed by atoms with Crippen LogP contribution >= 0.6 is 0 Å². The van der Waals surface area contributed by atoms with Crippen molar-refractivity contribution in [3.05, 3.63) is 132 Å². The monoisotopic (exact) mass is 1210 g/mol. The molecule has 396 valence electrons. The maximum Gasteiger partial charge on any atom is 1.00 e. The average Bonchev–Trinajstić information content (AvgIpc) is 4.08. The molecule has 8 aromatic rings. The van der Waals surface area contributed by atoms with Crippen LogP contribution in [0.4, 0.5) is 38.9 Å². The quantitative estimate of drug-likeness (QED) is 0.0435. The molecule has 8 rings (SSSR count). The Bertz CT molecular complexity index is 4040. The topological polar surface area (TPSA) is 406 Å². The van der Waals surface area contributed by atoms with Crippen molar-refractivity contribution in [2.24, 2.45) is 28.2 Å². The van der Waals surface area contributed by atoms with E-state index in [-0.39, 0.29) is 197 Å². The number of aryl methyl sites for hydroxylation is 4. The SMILES string of the molecule is Cn1cc(NC(=O)Nc2cc(C(=O)Nc3cc(C(=O)Nc4ccc5cc(S(=O)(=O)[O-])cc(S(=O)(=O)[O-])c5c4)n(C)c3)n(C)c2)cc1C(=O)Nc1cc(C(=O)Nc2ccc3cc(S(=O)(=O)[O-])cc(S(=O)(=O)[O-])c3c2)n(C)c1.[Na+].[Na+].[Na+].[Na+].